The molecule has 5 rings (SSSR count). The summed E-state index contributed by atoms with van der Waals surface area (Å²) in [4.78, 5) is 55.1. The Morgan fingerprint density at radius 2 is 1.51 bits per heavy atom. The molecule has 0 unspecified atom stereocenters. The van der Waals surface area contributed by atoms with Crippen molar-refractivity contribution >= 4 is 34.4 Å². The monoisotopic (exact) mass is 723 g/mol. The number of hydrogen-bond donors (Lipinski definition) is 6. The summed E-state index contributed by atoms with van der Waals surface area (Å²) in [5.74, 6) is -1.65. The number of hydrogen-bond acceptors (Lipinski definition) is 8. The number of nitrogens with zero attached hydrogens (tertiary/aromatic N) is 3. The molecule has 8 N–H and O–H groups in total. The molecule has 4 atom stereocenters. The third-order valence-electron chi connectivity index (χ3n) is 9.89. The molecule has 13 nitrogen and oxygen atoms in total. The van der Waals surface area contributed by atoms with Crippen LogP contribution < -0.4 is 32.7 Å². The summed E-state index contributed by atoms with van der Waals surface area (Å²) < 4.78 is 1.63. The summed E-state index contributed by atoms with van der Waals surface area (Å²) in [6, 6.07) is 20.0. The molecule has 0 radical (unpaired) electrons. The van der Waals surface area contributed by atoms with Crippen LogP contribution in [0.5, 0.6) is 0 Å². The summed E-state index contributed by atoms with van der Waals surface area (Å²) in [7, 11) is 0. The largest absolute Gasteiger partial charge is 0.344 e. The predicted molar refractivity (Wildman–Crippen MR) is 204 cm³/mol. The number of nitrogens with one attached hydrogen (secondary N) is 4. The minimum Gasteiger partial charge on any atom is -0.344 e. The van der Waals surface area contributed by atoms with Crippen LogP contribution in [0, 0.1) is 5.92 Å². The number of rotatable bonds is 19. The quantitative estimate of drug-likeness (QED) is 0.0794. The van der Waals surface area contributed by atoms with Gasteiger partial charge in [0, 0.05) is 19.4 Å². The van der Waals surface area contributed by atoms with Gasteiger partial charge in [0.15, 0.2) is 0 Å². The van der Waals surface area contributed by atoms with Crippen LogP contribution in [-0.4, -0.2) is 69.8 Å². The Bertz CT molecular complexity index is 1810. The van der Waals surface area contributed by atoms with Crippen LogP contribution in [0.4, 0.5) is 0 Å². The van der Waals surface area contributed by atoms with Crippen LogP contribution in [0.15, 0.2) is 79.0 Å². The molecule has 0 bridgehead atoms. The van der Waals surface area contributed by atoms with Crippen molar-refractivity contribution < 1.29 is 19.2 Å². The van der Waals surface area contributed by atoms with Gasteiger partial charge in [-0.1, -0.05) is 97.8 Å². The van der Waals surface area contributed by atoms with Crippen molar-refractivity contribution in [2.75, 3.05) is 13.1 Å². The van der Waals surface area contributed by atoms with E-state index in [1.165, 1.54) is 0 Å². The van der Waals surface area contributed by atoms with Crippen molar-refractivity contribution in [3.63, 3.8) is 0 Å². The maximum absolute atomic E-state index is 14.3. The second-order valence-electron chi connectivity index (χ2n) is 13.8. The average Bonchev–Trinajstić information content (AvgIpc) is 3.89. The van der Waals surface area contributed by atoms with E-state index in [1.54, 1.807) is 17.8 Å². The molecule has 4 aromatic rings. The molecule has 1 aromatic heterocycles. The minimum absolute atomic E-state index is 0.121. The molecule has 53 heavy (non-hydrogen) atoms. The van der Waals surface area contributed by atoms with Gasteiger partial charge in [-0.3, -0.25) is 23.9 Å². The second-order valence-corrected chi connectivity index (χ2v) is 13.8. The first kappa shape index (κ1) is 39.1. The van der Waals surface area contributed by atoms with Crippen molar-refractivity contribution in [2.45, 2.75) is 95.4 Å². The first-order chi connectivity index (χ1) is 25.8. The van der Waals surface area contributed by atoms with Gasteiger partial charge < -0.3 is 32.7 Å². The maximum Gasteiger partial charge on any atom is 0.243 e. The molecule has 282 valence electrons. The van der Waals surface area contributed by atoms with E-state index in [-0.39, 0.29) is 24.7 Å². The van der Waals surface area contributed by atoms with Crippen LogP contribution in [0.1, 0.15) is 81.2 Å². The molecule has 1 saturated carbocycles. The summed E-state index contributed by atoms with van der Waals surface area (Å²) in [5.41, 5.74) is 13.7. The van der Waals surface area contributed by atoms with Crippen LogP contribution in [-0.2, 0) is 32.1 Å². The summed E-state index contributed by atoms with van der Waals surface area (Å²) >= 11 is 0. The van der Waals surface area contributed by atoms with E-state index in [2.05, 4.69) is 31.6 Å². The van der Waals surface area contributed by atoms with Crippen LogP contribution in [0.2, 0.25) is 0 Å². The number of amides is 4. The molecular weight excluding hydrogens is 670 g/mol. The normalized spacial score (nSPS) is 15.3. The van der Waals surface area contributed by atoms with Crippen molar-refractivity contribution in [3.8, 4) is 0 Å². The topological polar surface area (TPSA) is 199 Å². The molecule has 1 heterocycles. The van der Waals surface area contributed by atoms with Gasteiger partial charge in [-0.05, 0) is 66.5 Å². The van der Waals surface area contributed by atoms with E-state index in [9.17, 15) is 19.2 Å². The van der Waals surface area contributed by atoms with E-state index >= 15 is 0 Å². The van der Waals surface area contributed by atoms with Gasteiger partial charge in [0.2, 0.25) is 23.6 Å². The summed E-state index contributed by atoms with van der Waals surface area (Å²) in [5, 5.41) is 22.6. The Morgan fingerprint density at radius 3 is 2.23 bits per heavy atom. The zero-order valence-electron chi connectivity index (χ0n) is 30.5. The van der Waals surface area contributed by atoms with Crippen LogP contribution >= 0.6 is 0 Å². The minimum atomic E-state index is -0.909. The average molecular weight is 724 g/mol. The molecule has 13 heteroatoms. The van der Waals surface area contributed by atoms with E-state index < -0.39 is 41.9 Å². The molecule has 4 amide bonds. The van der Waals surface area contributed by atoms with E-state index in [0.717, 1.165) is 47.6 Å². The highest BCUT2D eigenvalue weighted by Crippen LogP contribution is 2.28. The highest BCUT2D eigenvalue weighted by Gasteiger charge is 2.36. The highest BCUT2D eigenvalue weighted by molar-refractivity contribution is 5.95. The highest BCUT2D eigenvalue weighted by atomic mass is 16.2. The smallest absolute Gasteiger partial charge is 0.243 e. The number of nitrogens with two attached hydrogens (primary N) is 2. The number of carbonyl (C=O) groups is 4. The summed E-state index contributed by atoms with van der Waals surface area (Å²) in [6.45, 7) is 3.03. The Morgan fingerprint density at radius 1 is 0.792 bits per heavy atom. The van der Waals surface area contributed by atoms with Gasteiger partial charge in [-0.15, -0.1) is 5.10 Å². The lowest BCUT2D eigenvalue weighted by Gasteiger charge is -2.29. The first-order valence-electron chi connectivity index (χ1n) is 18.8. The lowest BCUT2D eigenvalue weighted by molar-refractivity contribution is -0.135. The summed E-state index contributed by atoms with van der Waals surface area (Å²) in [6.07, 6.45) is 7.22. The number of carbonyl (C=O) groups excluding carboxylic acids is 4. The van der Waals surface area contributed by atoms with Crippen molar-refractivity contribution in [1.82, 2.24) is 36.3 Å². The SMILES string of the molecule is CCC(=O)N[C@@H](Cc1ccc2ccccc2c1)C(=O)N[C@H](C(=O)N[C@@H](CCCCN)C(=O)N[C@@H](c1ccccc1)c1cn(CCN)nn1)C1CCCC1. The fraction of sp³-hybridized carbons (Fsp3) is 0.450. The lowest BCUT2D eigenvalue weighted by atomic mass is 9.95. The second kappa shape index (κ2) is 19.6. The molecule has 1 aliphatic carbocycles. The first-order valence-corrected chi connectivity index (χ1v) is 18.8. The maximum atomic E-state index is 14.3. The van der Waals surface area contributed by atoms with Gasteiger partial charge in [-0.25, -0.2) is 0 Å². The molecule has 1 aliphatic rings. The fourth-order valence-electron chi connectivity index (χ4n) is 6.98. The number of fused-ring (bicyclic) bond motifs is 1. The molecule has 0 spiro atoms. The zero-order chi connectivity index (χ0) is 37.6. The van der Waals surface area contributed by atoms with Crippen molar-refractivity contribution in [3.05, 3.63) is 95.8 Å². The number of unbranched alkanes of at least 4 members (excludes halogenated alkanes) is 1. The van der Waals surface area contributed by atoms with E-state index in [1.807, 2.05) is 72.8 Å². The Balaban J connectivity index is 1.36. The molecule has 0 aliphatic heterocycles. The van der Waals surface area contributed by atoms with Gasteiger partial charge in [0.05, 0.1) is 18.8 Å². The third-order valence-corrected chi connectivity index (χ3v) is 9.89. The standard InChI is InChI=1S/C40H53N9O4/c1-2-35(50)43-33(25-27-19-20-28-12-6-9-17-31(28)24-27)39(52)46-37(30-15-7-8-16-30)40(53)44-32(18-10-11-21-41)38(51)45-36(29-13-4-3-5-14-29)34-26-49(23-22-42)48-47-34/h3-6,9,12-14,17,19-20,24,26,30,32-33,36-37H,2,7-8,10-11,15-16,18,21-23,25,41-42H2,1H3,(H,43,50)(H,44,53)(H,45,51)(H,46,52)/t32-,33-,36-,37-/m0/s1. The van der Waals surface area contributed by atoms with Gasteiger partial charge in [0.25, 0.3) is 0 Å². The van der Waals surface area contributed by atoms with Crippen molar-refractivity contribution in [1.29, 1.82) is 0 Å². The number of benzene rings is 3. The molecule has 0 saturated heterocycles. The number of aromatic nitrogens is 3. The van der Waals surface area contributed by atoms with Gasteiger partial charge in [0.1, 0.15) is 23.8 Å². The van der Waals surface area contributed by atoms with Crippen molar-refractivity contribution in [2.24, 2.45) is 17.4 Å². The molecular formula is C40H53N9O4. The van der Waals surface area contributed by atoms with E-state index in [4.69, 9.17) is 11.5 Å². The molecule has 1 fully saturated rings. The molecule has 3 aromatic carbocycles. The van der Waals surface area contributed by atoms with Gasteiger partial charge in [-0.2, -0.15) is 0 Å². The van der Waals surface area contributed by atoms with Crippen LogP contribution in [0.3, 0.4) is 0 Å². The zero-order valence-corrected chi connectivity index (χ0v) is 30.5. The van der Waals surface area contributed by atoms with E-state index in [0.29, 0.717) is 44.6 Å². The third kappa shape index (κ3) is 10.9. The van der Waals surface area contributed by atoms with Gasteiger partial charge >= 0.3 is 0 Å². The Kier molecular flexibility index (Phi) is 14.5. The lowest BCUT2D eigenvalue weighted by Crippen LogP contribution is -2.59. The predicted octanol–water partition coefficient (Wildman–Crippen LogP) is 3.02. The Labute approximate surface area is 311 Å². The Hall–Kier alpha value is -5.14. The van der Waals surface area contributed by atoms with Crippen LogP contribution in [0.25, 0.3) is 10.8 Å². The fourth-order valence-corrected chi connectivity index (χ4v) is 6.98.